The predicted molar refractivity (Wildman–Crippen MR) is 72.1 cm³/mol. The summed E-state index contributed by atoms with van der Waals surface area (Å²) >= 11 is 0. The summed E-state index contributed by atoms with van der Waals surface area (Å²) in [6.07, 6.45) is 1.26. The van der Waals surface area contributed by atoms with Crippen LogP contribution in [0.15, 0.2) is 22.6 Å². The zero-order valence-corrected chi connectivity index (χ0v) is 10.9. The third-order valence-electron chi connectivity index (χ3n) is 3.71. The third kappa shape index (κ3) is 2.08. The second-order valence-corrected chi connectivity index (χ2v) is 5.45. The lowest BCUT2D eigenvalue weighted by Crippen LogP contribution is -2.26. The highest BCUT2D eigenvalue weighted by Gasteiger charge is 2.27. The van der Waals surface area contributed by atoms with Crippen LogP contribution in [-0.2, 0) is 6.54 Å². The highest BCUT2D eigenvalue weighted by atomic mass is 16.3. The number of nitrogens with zero attached hydrogens (tertiary/aromatic N) is 2. The van der Waals surface area contributed by atoms with Crippen molar-refractivity contribution >= 4 is 16.8 Å². The van der Waals surface area contributed by atoms with E-state index in [-0.39, 0.29) is 0 Å². The number of likely N-dealkylation sites (tertiary alicyclic amines) is 1. The normalized spacial score (nSPS) is 25.0. The summed E-state index contributed by atoms with van der Waals surface area (Å²) in [5.74, 6) is 1.55. The van der Waals surface area contributed by atoms with Crippen LogP contribution >= 0.6 is 0 Å². The second-order valence-electron chi connectivity index (χ2n) is 5.45. The topological polar surface area (TPSA) is 55.3 Å². The Labute approximate surface area is 107 Å². The number of hydrogen-bond donors (Lipinski definition) is 1. The first kappa shape index (κ1) is 11.5. The van der Waals surface area contributed by atoms with Gasteiger partial charge in [0.2, 0.25) is 5.89 Å². The Kier molecular flexibility index (Phi) is 2.74. The van der Waals surface area contributed by atoms with Crippen LogP contribution < -0.4 is 5.73 Å². The maximum Gasteiger partial charge on any atom is 0.209 e. The van der Waals surface area contributed by atoms with E-state index in [1.807, 2.05) is 18.2 Å². The molecule has 1 aromatic heterocycles. The average Bonchev–Trinajstić information content (AvgIpc) is 2.82. The predicted octanol–water partition coefficient (Wildman–Crippen LogP) is 2.64. The SMILES string of the molecule is CC1CC(C)N(Cc2nc3cc(N)ccc3o2)C1. The lowest BCUT2D eigenvalue weighted by atomic mass is 10.1. The van der Waals surface area contributed by atoms with Crippen LogP contribution in [0.25, 0.3) is 11.1 Å². The Bertz CT molecular complexity index is 563. The quantitative estimate of drug-likeness (QED) is 0.826. The van der Waals surface area contributed by atoms with Gasteiger partial charge >= 0.3 is 0 Å². The number of nitrogen functional groups attached to an aromatic ring is 1. The van der Waals surface area contributed by atoms with Gasteiger partial charge in [0.25, 0.3) is 0 Å². The standard InChI is InChI=1S/C14H19N3O/c1-9-5-10(2)17(7-9)8-14-16-12-6-11(15)3-4-13(12)18-14/h3-4,6,9-10H,5,7-8,15H2,1-2H3. The number of oxazole rings is 1. The van der Waals surface area contributed by atoms with Crippen LogP contribution in [0.1, 0.15) is 26.2 Å². The third-order valence-corrected chi connectivity index (χ3v) is 3.71. The number of aromatic nitrogens is 1. The summed E-state index contributed by atoms with van der Waals surface area (Å²) in [5.41, 5.74) is 8.14. The average molecular weight is 245 g/mol. The molecule has 1 fully saturated rings. The molecule has 4 nitrogen and oxygen atoms in total. The number of rotatable bonds is 2. The lowest BCUT2D eigenvalue weighted by Gasteiger charge is -2.18. The van der Waals surface area contributed by atoms with Gasteiger partial charge in [-0.05, 0) is 37.5 Å². The number of benzene rings is 1. The van der Waals surface area contributed by atoms with E-state index in [9.17, 15) is 0 Å². The molecular weight excluding hydrogens is 226 g/mol. The maximum absolute atomic E-state index is 5.76. The van der Waals surface area contributed by atoms with E-state index < -0.39 is 0 Å². The van der Waals surface area contributed by atoms with Gasteiger partial charge in [-0.25, -0.2) is 4.98 Å². The van der Waals surface area contributed by atoms with Gasteiger partial charge in [0.1, 0.15) is 5.52 Å². The minimum atomic E-state index is 0.611. The van der Waals surface area contributed by atoms with Crippen molar-refractivity contribution < 1.29 is 4.42 Å². The first-order chi connectivity index (χ1) is 8.61. The van der Waals surface area contributed by atoms with E-state index in [4.69, 9.17) is 10.2 Å². The Balaban J connectivity index is 1.82. The molecule has 0 saturated carbocycles. The van der Waals surface area contributed by atoms with Crippen molar-refractivity contribution in [3.8, 4) is 0 Å². The Morgan fingerprint density at radius 1 is 1.44 bits per heavy atom. The molecule has 0 aliphatic carbocycles. The van der Waals surface area contributed by atoms with Gasteiger partial charge in [-0.15, -0.1) is 0 Å². The highest BCUT2D eigenvalue weighted by molar-refractivity contribution is 5.76. The Morgan fingerprint density at radius 3 is 3.00 bits per heavy atom. The zero-order valence-electron chi connectivity index (χ0n) is 10.9. The van der Waals surface area contributed by atoms with Crippen molar-refractivity contribution in [2.45, 2.75) is 32.9 Å². The van der Waals surface area contributed by atoms with Crippen molar-refractivity contribution in [1.82, 2.24) is 9.88 Å². The van der Waals surface area contributed by atoms with E-state index in [1.165, 1.54) is 6.42 Å². The Morgan fingerprint density at radius 2 is 2.28 bits per heavy atom. The molecule has 2 N–H and O–H groups in total. The molecule has 3 rings (SSSR count). The van der Waals surface area contributed by atoms with Crippen LogP contribution in [0.3, 0.4) is 0 Å². The van der Waals surface area contributed by atoms with Gasteiger partial charge in [0, 0.05) is 18.3 Å². The molecule has 0 spiro atoms. The van der Waals surface area contributed by atoms with E-state index in [0.717, 1.165) is 41.7 Å². The summed E-state index contributed by atoms with van der Waals surface area (Å²) in [6, 6.07) is 6.20. The summed E-state index contributed by atoms with van der Waals surface area (Å²) in [4.78, 5) is 6.94. The Hall–Kier alpha value is -1.55. The van der Waals surface area contributed by atoms with Crippen LogP contribution in [0.5, 0.6) is 0 Å². The summed E-state index contributed by atoms with van der Waals surface area (Å²) < 4.78 is 5.76. The van der Waals surface area contributed by atoms with E-state index >= 15 is 0 Å². The smallest absolute Gasteiger partial charge is 0.209 e. The molecule has 0 radical (unpaired) electrons. The first-order valence-electron chi connectivity index (χ1n) is 6.51. The second kappa shape index (κ2) is 4.28. The minimum absolute atomic E-state index is 0.611. The van der Waals surface area contributed by atoms with Crippen LogP contribution in [0.2, 0.25) is 0 Å². The molecule has 2 unspecified atom stereocenters. The maximum atomic E-state index is 5.76. The zero-order chi connectivity index (χ0) is 12.7. The highest BCUT2D eigenvalue weighted by Crippen LogP contribution is 2.25. The molecule has 1 aromatic carbocycles. The van der Waals surface area contributed by atoms with Crippen LogP contribution in [-0.4, -0.2) is 22.5 Å². The number of nitrogens with two attached hydrogens (primary N) is 1. The molecule has 0 amide bonds. The van der Waals surface area contributed by atoms with Gasteiger partial charge in [-0.1, -0.05) is 6.92 Å². The molecule has 2 heterocycles. The molecule has 2 atom stereocenters. The number of anilines is 1. The van der Waals surface area contributed by atoms with Gasteiger partial charge in [-0.3, -0.25) is 4.90 Å². The lowest BCUT2D eigenvalue weighted by molar-refractivity contribution is 0.233. The molecule has 1 saturated heterocycles. The molecular formula is C14H19N3O. The minimum Gasteiger partial charge on any atom is -0.439 e. The largest absolute Gasteiger partial charge is 0.439 e. The van der Waals surface area contributed by atoms with Gasteiger partial charge in [0.05, 0.1) is 6.54 Å². The van der Waals surface area contributed by atoms with Crippen molar-refractivity contribution in [3.05, 3.63) is 24.1 Å². The van der Waals surface area contributed by atoms with E-state index in [1.54, 1.807) is 0 Å². The van der Waals surface area contributed by atoms with Crippen LogP contribution in [0, 0.1) is 5.92 Å². The first-order valence-corrected chi connectivity index (χ1v) is 6.51. The molecule has 0 bridgehead atoms. The fraction of sp³-hybridized carbons (Fsp3) is 0.500. The number of fused-ring (bicyclic) bond motifs is 1. The van der Waals surface area contributed by atoms with Gasteiger partial charge in [0.15, 0.2) is 5.58 Å². The fourth-order valence-electron chi connectivity index (χ4n) is 2.84. The summed E-state index contributed by atoms with van der Waals surface area (Å²) in [7, 11) is 0. The van der Waals surface area contributed by atoms with Gasteiger partial charge < -0.3 is 10.2 Å². The fourth-order valence-corrected chi connectivity index (χ4v) is 2.84. The molecule has 96 valence electrons. The molecule has 18 heavy (non-hydrogen) atoms. The molecule has 1 aliphatic rings. The van der Waals surface area contributed by atoms with Crippen LogP contribution in [0.4, 0.5) is 5.69 Å². The van der Waals surface area contributed by atoms with Crippen molar-refractivity contribution in [2.24, 2.45) is 5.92 Å². The van der Waals surface area contributed by atoms with Crippen molar-refractivity contribution in [2.75, 3.05) is 12.3 Å². The van der Waals surface area contributed by atoms with E-state index in [2.05, 4.69) is 23.7 Å². The molecule has 4 heteroatoms. The molecule has 1 aliphatic heterocycles. The number of hydrogen-bond acceptors (Lipinski definition) is 4. The van der Waals surface area contributed by atoms with Crippen molar-refractivity contribution in [1.29, 1.82) is 0 Å². The monoisotopic (exact) mass is 245 g/mol. The summed E-state index contributed by atoms with van der Waals surface area (Å²) in [5, 5.41) is 0. The molecule has 2 aromatic rings. The van der Waals surface area contributed by atoms with E-state index in [0.29, 0.717) is 6.04 Å². The van der Waals surface area contributed by atoms with Gasteiger partial charge in [-0.2, -0.15) is 0 Å². The summed E-state index contributed by atoms with van der Waals surface area (Å²) in [6.45, 7) is 6.48. The van der Waals surface area contributed by atoms with Crippen molar-refractivity contribution in [3.63, 3.8) is 0 Å².